The predicted molar refractivity (Wildman–Crippen MR) is 132 cm³/mol. The summed E-state index contributed by atoms with van der Waals surface area (Å²) in [7, 11) is 0. The summed E-state index contributed by atoms with van der Waals surface area (Å²) in [5, 5.41) is 3.83. The largest absolute Gasteiger partial charge is 0.378 e. The van der Waals surface area contributed by atoms with Crippen molar-refractivity contribution in [2.75, 3.05) is 36.5 Å². The zero-order valence-corrected chi connectivity index (χ0v) is 18.8. The number of nitrogens with zero attached hydrogens (tertiary/aromatic N) is 3. The Balaban J connectivity index is 1.46. The molecule has 33 heavy (non-hydrogen) atoms. The number of morpholine rings is 1. The van der Waals surface area contributed by atoms with Crippen LogP contribution in [-0.2, 0) is 4.74 Å². The van der Waals surface area contributed by atoms with Gasteiger partial charge in [-0.15, -0.1) is 0 Å². The van der Waals surface area contributed by atoms with E-state index in [1.807, 2.05) is 42.5 Å². The van der Waals surface area contributed by atoms with Crippen molar-refractivity contribution >= 4 is 28.3 Å². The van der Waals surface area contributed by atoms with Gasteiger partial charge >= 0.3 is 0 Å². The summed E-state index contributed by atoms with van der Waals surface area (Å²) >= 11 is 0. The average molecular weight is 439 g/mol. The maximum Gasteiger partial charge on any atom is 0.256 e. The Labute approximate surface area is 193 Å². The molecule has 0 unspecified atom stereocenters. The minimum atomic E-state index is -0.180. The molecule has 0 bridgehead atoms. The van der Waals surface area contributed by atoms with E-state index in [0.29, 0.717) is 24.5 Å². The first-order valence-electron chi connectivity index (χ1n) is 11.2. The maximum atomic E-state index is 13.3. The third-order valence-electron chi connectivity index (χ3n) is 5.96. The number of amides is 1. The molecule has 5 rings (SSSR count). The van der Waals surface area contributed by atoms with Gasteiger partial charge in [0.15, 0.2) is 0 Å². The molecular weight excluding hydrogens is 412 g/mol. The topological polar surface area (TPSA) is 67.4 Å². The molecule has 1 fully saturated rings. The SMILES string of the molecule is Cc1ccc(-c2cc(C(=O)Nc3ccc(N4CCOCC4)nc3)c3ccccc3n2)c(C)c1. The summed E-state index contributed by atoms with van der Waals surface area (Å²) in [5.41, 5.74) is 6.18. The summed E-state index contributed by atoms with van der Waals surface area (Å²) in [6, 6.07) is 19.7. The molecule has 0 saturated carbocycles. The molecule has 3 heterocycles. The Kier molecular flexibility index (Phi) is 5.75. The van der Waals surface area contributed by atoms with Crippen molar-refractivity contribution in [2.24, 2.45) is 0 Å². The van der Waals surface area contributed by atoms with Crippen LogP contribution < -0.4 is 10.2 Å². The van der Waals surface area contributed by atoms with Gasteiger partial charge in [-0.25, -0.2) is 9.97 Å². The Morgan fingerprint density at radius 3 is 2.58 bits per heavy atom. The molecule has 1 amide bonds. The number of aromatic nitrogens is 2. The molecule has 0 atom stereocenters. The normalized spacial score (nSPS) is 13.8. The lowest BCUT2D eigenvalue weighted by Gasteiger charge is -2.27. The lowest BCUT2D eigenvalue weighted by Crippen LogP contribution is -2.36. The molecule has 6 nitrogen and oxygen atoms in total. The molecule has 6 heteroatoms. The standard InChI is InChI=1S/C27H26N4O2/c1-18-7-9-21(19(2)15-18)25-16-23(22-5-3-4-6-24(22)30-25)27(32)29-20-8-10-26(28-17-20)31-11-13-33-14-12-31/h3-10,15-17H,11-14H2,1-2H3,(H,29,32). The maximum absolute atomic E-state index is 13.3. The number of carbonyl (C=O) groups is 1. The van der Waals surface area contributed by atoms with Crippen LogP contribution in [0.1, 0.15) is 21.5 Å². The second-order valence-electron chi connectivity index (χ2n) is 8.35. The fourth-order valence-electron chi connectivity index (χ4n) is 4.24. The van der Waals surface area contributed by atoms with Crippen LogP contribution in [0.4, 0.5) is 11.5 Å². The summed E-state index contributed by atoms with van der Waals surface area (Å²) in [5.74, 6) is 0.711. The molecule has 1 N–H and O–H groups in total. The fourth-order valence-corrected chi connectivity index (χ4v) is 4.24. The van der Waals surface area contributed by atoms with E-state index in [0.717, 1.165) is 46.6 Å². The summed E-state index contributed by atoms with van der Waals surface area (Å²) < 4.78 is 5.40. The Morgan fingerprint density at radius 1 is 1.00 bits per heavy atom. The van der Waals surface area contributed by atoms with Gasteiger partial charge in [-0.2, -0.15) is 0 Å². The first kappa shape index (κ1) is 21.1. The van der Waals surface area contributed by atoms with Crippen molar-refractivity contribution in [3.63, 3.8) is 0 Å². The highest BCUT2D eigenvalue weighted by Crippen LogP contribution is 2.28. The van der Waals surface area contributed by atoms with Gasteiger partial charge in [0.1, 0.15) is 5.82 Å². The van der Waals surface area contributed by atoms with Crippen molar-refractivity contribution in [3.05, 3.63) is 83.6 Å². The van der Waals surface area contributed by atoms with Gasteiger partial charge in [0.2, 0.25) is 0 Å². The number of anilines is 2. The number of benzene rings is 2. The van der Waals surface area contributed by atoms with Crippen molar-refractivity contribution in [1.29, 1.82) is 0 Å². The molecule has 2 aromatic carbocycles. The van der Waals surface area contributed by atoms with Gasteiger partial charge in [-0.05, 0) is 43.7 Å². The zero-order valence-electron chi connectivity index (χ0n) is 18.8. The highest BCUT2D eigenvalue weighted by molar-refractivity contribution is 6.13. The second kappa shape index (κ2) is 9.00. The van der Waals surface area contributed by atoms with Crippen LogP contribution in [0.5, 0.6) is 0 Å². The highest BCUT2D eigenvalue weighted by atomic mass is 16.5. The minimum absolute atomic E-state index is 0.180. The van der Waals surface area contributed by atoms with E-state index in [1.165, 1.54) is 5.56 Å². The predicted octanol–water partition coefficient (Wildman–Crippen LogP) is 5.00. The molecule has 2 aromatic heterocycles. The first-order chi connectivity index (χ1) is 16.1. The monoisotopic (exact) mass is 438 g/mol. The van der Waals surface area contributed by atoms with Crippen LogP contribution in [-0.4, -0.2) is 42.2 Å². The molecule has 0 aliphatic carbocycles. The van der Waals surface area contributed by atoms with Crippen LogP contribution >= 0.6 is 0 Å². The van der Waals surface area contributed by atoms with Crippen molar-refractivity contribution in [3.8, 4) is 11.3 Å². The van der Waals surface area contributed by atoms with Gasteiger partial charge in [0.05, 0.1) is 41.9 Å². The van der Waals surface area contributed by atoms with Crippen LogP contribution in [0.15, 0.2) is 66.9 Å². The Bertz CT molecular complexity index is 1310. The first-order valence-corrected chi connectivity index (χ1v) is 11.2. The lowest BCUT2D eigenvalue weighted by molar-refractivity contribution is 0.102. The van der Waals surface area contributed by atoms with Gasteiger partial charge in [-0.1, -0.05) is 42.0 Å². The Morgan fingerprint density at radius 2 is 1.82 bits per heavy atom. The summed E-state index contributed by atoms with van der Waals surface area (Å²) in [6.45, 7) is 7.20. The molecule has 1 aliphatic rings. The smallest absolute Gasteiger partial charge is 0.256 e. The van der Waals surface area contributed by atoms with Crippen LogP contribution in [0, 0.1) is 13.8 Å². The van der Waals surface area contributed by atoms with Crippen molar-refractivity contribution < 1.29 is 9.53 Å². The van der Waals surface area contributed by atoms with E-state index in [4.69, 9.17) is 9.72 Å². The summed E-state index contributed by atoms with van der Waals surface area (Å²) in [4.78, 5) is 24.9. The number of carbonyl (C=O) groups excluding carboxylic acids is 1. The quantitative estimate of drug-likeness (QED) is 0.486. The van der Waals surface area contributed by atoms with Gasteiger partial charge < -0.3 is 15.0 Å². The molecule has 1 saturated heterocycles. The molecule has 1 aliphatic heterocycles. The molecule has 0 radical (unpaired) electrons. The number of ether oxygens (including phenoxy) is 1. The highest BCUT2D eigenvalue weighted by Gasteiger charge is 2.16. The third kappa shape index (κ3) is 4.43. The fraction of sp³-hybridized carbons (Fsp3) is 0.222. The van der Waals surface area contributed by atoms with Crippen LogP contribution in [0.2, 0.25) is 0 Å². The third-order valence-corrected chi connectivity index (χ3v) is 5.96. The van der Waals surface area contributed by atoms with Gasteiger partial charge in [-0.3, -0.25) is 4.79 Å². The van der Waals surface area contributed by atoms with Gasteiger partial charge in [0, 0.05) is 24.0 Å². The number of pyridine rings is 2. The number of aryl methyl sites for hydroxylation is 2. The van der Waals surface area contributed by atoms with Gasteiger partial charge in [0.25, 0.3) is 5.91 Å². The number of nitrogens with one attached hydrogen (secondary N) is 1. The summed E-state index contributed by atoms with van der Waals surface area (Å²) in [6.07, 6.45) is 1.71. The van der Waals surface area contributed by atoms with E-state index < -0.39 is 0 Å². The Hall–Kier alpha value is -3.77. The lowest BCUT2D eigenvalue weighted by atomic mass is 9.99. The molecule has 4 aromatic rings. The van der Waals surface area contributed by atoms with Crippen molar-refractivity contribution in [2.45, 2.75) is 13.8 Å². The number of hydrogen-bond donors (Lipinski definition) is 1. The van der Waals surface area contributed by atoms with Crippen molar-refractivity contribution in [1.82, 2.24) is 9.97 Å². The molecular formula is C27H26N4O2. The van der Waals surface area contributed by atoms with E-state index >= 15 is 0 Å². The van der Waals surface area contributed by atoms with E-state index in [9.17, 15) is 4.79 Å². The molecule has 0 spiro atoms. The minimum Gasteiger partial charge on any atom is -0.378 e. The number of hydrogen-bond acceptors (Lipinski definition) is 5. The molecule has 166 valence electrons. The van der Waals surface area contributed by atoms with Crippen LogP contribution in [0.25, 0.3) is 22.2 Å². The average Bonchev–Trinajstić information content (AvgIpc) is 2.84. The van der Waals surface area contributed by atoms with E-state index in [-0.39, 0.29) is 5.91 Å². The number of fused-ring (bicyclic) bond motifs is 1. The second-order valence-corrected chi connectivity index (χ2v) is 8.35. The van der Waals surface area contributed by atoms with Crippen LogP contribution in [0.3, 0.4) is 0 Å². The number of rotatable bonds is 4. The van der Waals surface area contributed by atoms with E-state index in [2.05, 4.69) is 47.2 Å². The van der Waals surface area contributed by atoms with E-state index in [1.54, 1.807) is 6.20 Å². The number of para-hydroxylation sites is 1. The zero-order chi connectivity index (χ0) is 22.8.